The summed E-state index contributed by atoms with van der Waals surface area (Å²) in [6.07, 6.45) is 16.2. The zero-order valence-corrected chi connectivity index (χ0v) is 46.2. The van der Waals surface area contributed by atoms with E-state index in [4.69, 9.17) is 56.1 Å². The maximum atomic E-state index is 12.6. The maximum absolute atomic E-state index is 12.6. The summed E-state index contributed by atoms with van der Waals surface area (Å²) in [6.45, 7) is 19.9. The third-order valence-corrected chi connectivity index (χ3v) is 10.5. The first kappa shape index (κ1) is 65.9. The van der Waals surface area contributed by atoms with E-state index in [1.165, 1.54) is 26.5 Å². The molecule has 0 bridgehead atoms. The summed E-state index contributed by atoms with van der Waals surface area (Å²) >= 11 is 1.73. The van der Waals surface area contributed by atoms with E-state index < -0.39 is 23.5 Å². The molecule has 0 atom stereocenters. The van der Waals surface area contributed by atoms with Gasteiger partial charge in [0.2, 0.25) is 11.8 Å². The lowest BCUT2D eigenvalue weighted by atomic mass is 10.1. The number of aliphatic imine (C=N–C) groups is 1. The minimum atomic E-state index is -0.672. The highest BCUT2D eigenvalue weighted by Crippen LogP contribution is 2.34. The van der Waals surface area contributed by atoms with Crippen molar-refractivity contribution in [2.24, 2.45) is 38.8 Å². The van der Waals surface area contributed by atoms with Gasteiger partial charge in [0.1, 0.15) is 59.8 Å². The third-order valence-electron chi connectivity index (χ3n) is 9.79. The van der Waals surface area contributed by atoms with E-state index in [1.54, 1.807) is 69.0 Å². The van der Waals surface area contributed by atoms with Crippen molar-refractivity contribution >= 4 is 83.3 Å². The number of allylic oxidation sites excluding steroid dienone is 4. The minimum Gasteiger partial charge on any atom is -0.491 e. The van der Waals surface area contributed by atoms with Gasteiger partial charge in [-0.05, 0) is 130 Å². The number of primary amides is 2. The van der Waals surface area contributed by atoms with Crippen LogP contribution in [0.5, 0.6) is 11.5 Å². The molecule has 3 heterocycles. The van der Waals surface area contributed by atoms with Crippen LogP contribution in [-0.4, -0.2) is 130 Å². The van der Waals surface area contributed by atoms with Crippen LogP contribution in [0.1, 0.15) is 80.2 Å². The van der Waals surface area contributed by atoms with Crippen molar-refractivity contribution in [3.05, 3.63) is 95.3 Å². The molecule has 0 aliphatic heterocycles. The molecule has 23 nitrogen and oxygen atoms in total. The number of aromatic nitrogens is 6. The largest absolute Gasteiger partial charge is 0.491 e. The van der Waals surface area contributed by atoms with Crippen molar-refractivity contribution < 1.29 is 38.2 Å². The zero-order valence-electron chi connectivity index (χ0n) is 45.4. The minimum absolute atomic E-state index is 0.118. The average Bonchev–Trinajstić information content (AvgIpc) is 4.10. The summed E-state index contributed by atoms with van der Waals surface area (Å²) in [5.74, 6) is 1.82. The number of rotatable bonds is 24. The van der Waals surface area contributed by atoms with Gasteiger partial charge in [0.05, 0.1) is 41.3 Å². The number of benzene rings is 2. The Bertz CT molecular complexity index is 2820. The highest BCUT2D eigenvalue weighted by atomic mass is 32.2. The molecular weight excluding hydrogens is 995 g/mol. The van der Waals surface area contributed by atoms with Crippen LogP contribution in [0.2, 0.25) is 0 Å². The standard InChI is InChI=1S/C48H63N13O6S.2CH5N.2CH2O/c1-9-53-57-31(3)16-17-41-55-36-25-33(44(50)62)27-39(66-22-15-23-68-8)42(36)59(41)19-12-13-20-60-43-37(56-46(60)38-24-32(4)58-61(38)10-2)26-34(45(51)63)28-40(43)65-21-14-11-18-52-30-35(29-49)54-47(64)67-48(5,6)7;4*1-2/h11-14,16-17,24-30,53H,9-10,15,18-23,49H2,1-8H3,(H2,50,62)(H2,51,63)(H,54,64);2*2H2,1H3;2*1H2/b13-12+,14-11+,17-16+,35-29+,52-30?,57-31-;;;;. The van der Waals surface area contributed by atoms with E-state index in [0.29, 0.717) is 83.6 Å². The van der Waals surface area contributed by atoms with Crippen molar-refractivity contribution in [1.82, 2.24) is 39.6 Å². The van der Waals surface area contributed by atoms with Crippen LogP contribution in [0.3, 0.4) is 0 Å². The number of fused-ring (bicyclic) bond motifs is 2. The van der Waals surface area contributed by atoms with Crippen LogP contribution in [-0.2, 0) is 34.0 Å². The fraction of sp³-hybridized carbons (Fsp3) is 0.385. The molecule has 0 aliphatic carbocycles. The smallest absolute Gasteiger partial charge is 0.412 e. The van der Waals surface area contributed by atoms with Crippen LogP contribution >= 0.6 is 11.8 Å². The van der Waals surface area contributed by atoms with Gasteiger partial charge in [0, 0.05) is 49.7 Å². The number of imidazole rings is 2. The van der Waals surface area contributed by atoms with Crippen LogP contribution in [0.25, 0.3) is 39.7 Å². The lowest BCUT2D eigenvalue weighted by Crippen LogP contribution is -2.32. The van der Waals surface area contributed by atoms with E-state index in [0.717, 1.165) is 29.3 Å². The lowest BCUT2D eigenvalue weighted by molar-refractivity contribution is -0.0987. The number of nitrogens with two attached hydrogens (primary N) is 5. The first-order valence-corrected chi connectivity index (χ1v) is 25.3. The SMILES string of the molecule is C=O.C=O.CCN/N=C(C)\C=C\c1nc2cc(C(N)=O)cc(OCCCSC)c2n1C/C=C/Cn1c(-c2cc(C)nn2CC)nc2cc(C(N)=O)cc(OC/C=C/CN=C/C(=C\N)NC(=O)OC(C)(C)C)c21.CN.CN. The Morgan fingerprint density at radius 3 is 2.00 bits per heavy atom. The number of hydrogen-bond donors (Lipinski definition) is 7. The van der Waals surface area contributed by atoms with E-state index in [1.807, 2.05) is 91.7 Å². The fourth-order valence-corrected chi connectivity index (χ4v) is 7.25. The molecule has 0 unspecified atom stereocenters. The Kier molecular flexibility index (Phi) is 30.5. The summed E-state index contributed by atoms with van der Waals surface area (Å²) in [6, 6.07) is 8.59. The second-order valence-electron chi connectivity index (χ2n) is 16.3. The molecule has 0 fully saturated rings. The normalized spacial score (nSPS) is 11.6. The van der Waals surface area contributed by atoms with Crippen molar-refractivity contribution in [2.45, 2.75) is 80.1 Å². The molecule has 0 radical (unpaired) electrons. The van der Waals surface area contributed by atoms with E-state index in [-0.39, 0.29) is 24.4 Å². The number of thioether (sulfide) groups is 1. The zero-order chi connectivity index (χ0) is 57.4. The second-order valence-corrected chi connectivity index (χ2v) is 17.3. The second kappa shape index (κ2) is 35.2. The summed E-state index contributed by atoms with van der Waals surface area (Å²) < 4.78 is 23.9. The lowest BCUT2D eigenvalue weighted by Gasteiger charge is -2.19. The topological polar surface area (TPSA) is 345 Å². The number of nitrogens with one attached hydrogen (secondary N) is 2. The Morgan fingerprint density at radius 2 is 1.43 bits per heavy atom. The molecule has 0 aliphatic rings. The highest BCUT2D eigenvalue weighted by molar-refractivity contribution is 7.98. The van der Waals surface area contributed by atoms with Crippen molar-refractivity contribution in [3.8, 4) is 23.0 Å². The third kappa shape index (κ3) is 20.3. The van der Waals surface area contributed by atoms with E-state index in [2.05, 4.69) is 32.3 Å². The number of nitrogens with zero attached hydrogens (tertiary/aromatic N) is 8. The number of hydrogen-bond acceptors (Lipinski definition) is 18. The monoisotopic (exact) mass is 1070 g/mol. The van der Waals surface area contributed by atoms with Crippen LogP contribution in [0, 0.1) is 6.92 Å². The van der Waals surface area contributed by atoms with Gasteiger partial charge in [0.15, 0.2) is 5.82 Å². The molecule has 414 valence electrons. The van der Waals surface area contributed by atoms with Gasteiger partial charge >= 0.3 is 6.09 Å². The van der Waals surface area contributed by atoms with Crippen LogP contribution < -0.4 is 48.9 Å². The molecule has 5 rings (SSSR count). The summed E-state index contributed by atoms with van der Waals surface area (Å²) in [7, 11) is 3.00. The quantitative estimate of drug-likeness (QED) is 0.0179. The van der Waals surface area contributed by atoms with Gasteiger partial charge in [-0.25, -0.2) is 14.8 Å². The van der Waals surface area contributed by atoms with E-state index in [9.17, 15) is 14.4 Å². The first-order chi connectivity index (χ1) is 36.6. The van der Waals surface area contributed by atoms with Gasteiger partial charge in [0.25, 0.3) is 0 Å². The van der Waals surface area contributed by atoms with Gasteiger partial charge in [-0.1, -0.05) is 18.2 Å². The molecular formula is C52H77N15O8S. The predicted molar refractivity (Wildman–Crippen MR) is 306 cm³/mol. The van der Waals surface area contributed by atoms with E-state index >= 15 is 0 Å². The van der Waals surface area contributed by atoms with Gasteiger partial charge in [-0.15, -0.1) is 0 Å². The fourth-order valence-electron chi connectivity index (χ4n) is 6.85. The molecule has 2 aromatic carbocycles. The van der Waals surface area contributed by atoms with Crippen molar-refractivity contribution in [1.29, 1.82) is 0 Å². The Balaban J connectivity index is 0.00000344. The van der Waals surface area contributed by atoms with Crippen LogP contribution in [0.15, 0.2) is 82.7 Å². The molecule has 3 aromatic heterocycles. The Labute approximate surface area is 449 Å². The average molecular weight is 1070 g/mol. The van der Waals surface area contributed by atoms with Gasteiger partial charge in [-0.2, -0.15) is 22.0 Å². The van der Waals surface area contributed by atoms with Gasteiger partial charge in [-0.3, -0.25) is 24.6 Å². The summed E-state index contributed by atoms with van der Waals surface area (Å²) in [5, 5.41) is 11.6. The molecule has 0 saturated carbocycles. The molecule has 0 saturated heterocycles. The Morgan fingerprint density at radius 1 is 0.842 bits per heavy atom. The molecule has 12 N–H and O–H groups in total. The highest BCUT2D eigenvalue weighted by Gasteiger charge is 2.22. The maximum Gasteiger partial charge on any atom is 0.412 e. The summed E-state index contributed by atoms with van der Waals surface area (Å²) in [4.78, 5) is 67.6. The molecule has 3 amide bonds. The molecule has 0 spiro atoms. The first-order valence-electron chi connectivity index (χ1n) is 23.9. The van der Waals surface area contributed by atoms with Crippen molar-refractivity contribution in [3.63, 3.8) is 0 Å². The summed E-state index contributed by atoms with van der Waals surface area (Å²) in [5.41, 5.74) is 34.1. The number of hydrazone groups is 1. The van der Waals surface area contributed by atoms with Crippen molar-refractivity contribution in [2.75, 3.05) is 52.4 Å². The Hall–Kier alpha value is -8.09. The molecule has 24 heteroatoms. The molecule has 5 aromatic rings. The number of ether oxygens (including phenoxy) is 3. The van der Waals surface area contributed by atoms with Gasteiger partial charge < -0.3 is 67.0 Å². The van der Waals surface area contributed by atoms with Crippen LogP contribution in [0.4, 0.5) is 4.79 Å². The number of aryl methyl sites for hydroxylation is 2. The predicted octanol–water partition coefficient (Wildman–Crippen LogP) is 5.27. The number of alkyl carbamates (subject to hydrolysis) is 1. The number of carbonyl (C=O) groups excluding carboxylic acids is 5. The number of carbonyl (C=O) groups is 5. The number of amides is 3. The molecule has 76 heavy (non-hydrogen) atoms.